The maximum atomic E-state index is 12.3. The van der Waals surface area contributed by atoms with Gasteiger partial charge in [-0.15, -0.1) is 0 Å². The molecule has 1 aromatic rings. The SMILES string of the molecule is CCCCCNc1cc(C(=O)N(CC)CC)nc(C)n1. The van der Waals surface area contributed by atoms with E-state index >= 15 is 0 Å². The highest BCUT2D eigenvalue weighted by molar-refractivity contribution is 5.92. The summed E-state index contributed by atoms with van der Waals surface area (Å²) in [5.41, 5.74) is 0.471. The number of unbranched alkanes of at least 4 members (excludes halogenated alkanes) is 2. The molecule has 0 saturated heterocycles. The lowest BCUT2D eigenvalue weighted by Gasteiger charge is -2.18. The number of anilines is 1. The third kappa shape index (κ3) is 4.79. The zero-order valence-electron chi connectivity index (χ0n) is 13.1. The van der Waals surface area contributed by atoms with Gasteiger partial charge in [-0.3, -0.25) is 4.79 Å². The fraction of sp³-hybridized carbons (Fsp3) is 0.667. The summed E-state index contributed by atoms with van der Waals surface area (Å²) in [6.45, 7) is 10.2. The second kappa shape index (κ2) is 8.51. The van der Waals surface area contributed by atoms with E-state index < -0.39 is 0 Å². The van der Waals surface area contributed by atoms with E-state index in [1.807, 2.05) is 20.8 Å². The molecule has 5 nitrogen and oxygen atoms in total. The van der Waals surface area contributed by atoms with Crippen molar-refractivity contribution in [3.05, 3.63) is 17.6 Å². The lowest BCUT2D eigenvalue weighted by molar-refractivity contribution is 0.0766. The predicted molar refractivity (Wildman–Crippen MR) is 82.0 cm³/mol. The van der Waals surface area contributed by atoms with Crippen LogP contribution in [0.2, 0.25) is 0 Å². The van der Waals surface area contributed by atoms with Crippen LogP contribution < -0.4 is 5.32 Å². The molecule has 0 fully saturated rings. The second-order valence-electron chi connectivity index (χ2n) is 4.80. The van der Waals surface area contributed by atoms with Crippen LogP contribution in [0, 0.1) is 6.92 Å². The maximum Gasteiger partial charge on any atom is 0.272 e. The van der Waals surface area contributed by atoms with Crippen molar-refractivity contribution in [2.75, 3.05) is 25.0 Å². The van der Waals surface area contributed by atoms with Gasteiger partial charge in [-0.05, 0) is 27.2 Å². The first kappa shape index (κ1) is 16.4. The summed E-state index contributed by atoms with van der Waals surface area (Å²) in [6, 6.07) is 1.75. The Morgan fingerprint density at radius 1 is 1.20 bits per heavy atom. The van der Waals surface area contributed by atoms with Crippen molar-refractivity contribution in [1.29, 1.82) is 0 Å². The largest absolute Gasteiger partial charge is 0.370 e. The normalized spacial score (nSPS) is 10.4. The number of carbonyl (C=O) groups is 1. The van der Waals surface area contributed by atoms with Crippen molar-refractivity contribution >= 4 is 11.7 Å². The van der Waals surface area contributed by atoms with E-state index in [4.69, 9.17) is 0 Å². The van der Waals surface area contributed by atoms with Crippen LogP contribution in [0.25, 0.3) is 0 Å². The third-order valence-corrected chi connectivity index (χ3v) is 3.19. The molecule has 0 radical (unpaired) electrons. The summed E-state index contributed by atoms with van der Waals surface area (Å²) in [4.78, 5) is 22.6. The van der Waals surface area contributed by atoms with Gasteiger partial charge in [-0.1, -0.05) is 19.8 Å². The van der Waals surface area contributed by atoms with Crippen LogP contribution in [0.1, 0.15) is 56.3 Å². The predicted octanol–water partition coefficient (Wildman–Crippen LogP) is 2.87. The molecule has 1 amide bonds. The molecule has 1 aromatic heterocycles. The Balaban J connectivity index is 2.77. The maximum absolute atomic E-state index is 12.3. The van der Waals surface area contributed by atoms with Crippen LogP contribution in [0.15, 0.2) is 6.07 Å². The summed E-state index contributed by atoms with van der Waals surface area (Å²) < 4.78 is 0. The van der Waals surface area contributed by atoms with Gasteiger partial charge in [0.1, 0.15) is 17.3 Å². The number of nitrogens with one attached hydrogen (secondary N) is 1. The molecule has 0 saturated carbocycles. The average molecular weight is 278 g/mol. The van der Waals surface area contributed by atoms with E-state index in [1.54, 1.807) is 11.0 Å². The summed E-state index contributed by atoms with van der Waals surface area (Å²) >= 11 is 0. The molecule has 5 heteroatoms. The number of carbonyl (C=O) groups excluding carboxylic acids is 1. The van der Waals surface area contributed by atoms with Gasteiger partial charge in [0, 0.05) is 25.7 Å². The van der Waals surface area contributed by atoms with E-state index in [-0.39, 0.29) is 5.91 Å². The Kier molecular flexibility index (Phi) is 6.98. The number of amides is 1. The van der Waals surface area contributed by atoms with Crippen molar-refractivity contribution in [2.24, 2.45) is 0 Å². The van der Waals surface area contributed by atoms with E-state index in [0.717, 1.165) is 18.8 Å². The van der Waals surface area contributed by atoms with Crippen molar-refractivity contribution < 1.29 is 4.79 Å². The minimum atomic E-state index is -0.0305. The minimum absolute atomic E-state index is 0.0305. The Bertz CT molecular complexity index is 430. The molecule has 0 spiro atoms. The molecule has 1 N–H and O–H groups in total. The van der Waals surface area contributed by atoms with Gasteiger partial charge in [0.05, 0.1) is 0 Å². The molecule has 0 unspecified atom stereocenters. The molecular formula is C15H26N4O. The monoisotopic (exact) mass is 278 g/mol. The third-order valence-electron chi connectivity index (χ3n) is 3.19. The quantitative estimate of drug-likeness (QED) is 0.743. The van der Waals surface area contributed by atoms with E-state index in [9.17, 15) is 4.79 Å². The van der Waals surface area contributed by atoms with Crippen molar-refractivity contribution in [1.82, 2.24) is 14.9 Å². The van der Waals surface area contributed by atoms with E-state index in [2.05, 4.69) is 22.2 Å². The first-order valence-corrected chi connectivity index (χ1v) is 7.51. The highest BCUT2D eigenvalue weighted by Crippen LogP contribution is 2.10. The van der Waals surface area contributed by atoms with E-state index in [1.165, 1.54) is 12.8 Å². The number of aryl methyl sites for hydroxylation is 1. The number of nitrogens with zero attached hydrogens (tertiary/aromatic N) is 3. The molecule has 20 heavy (non-hydrogen) atoms. The Morgan fingerprint density at radius 2 is 1.90 bits per heavy atom. The topological polar surface area (TPSA) is 58.1 Å². The van der Waals surface area contributed by atoms with Gasteiger partial charge in [-0.25, -0.2) is 9.97 Å². The fourth-order valence-electron chi connectivity index (χ4n) is 2.03. The standard InChI is InChI=1S/C15H26N4O/c1-5-8-9-10-16-14-11-13(17-12(4)18-14)15(20)19(6-2)7-3/h11H,5-10H2,1-4H3,(H,16,17,18). The van der Waals surface area contributed by atoms with E-state index in [0.29, 0.717) is 24.6 Å². The summed E-state index contributed by atoms with van der Waals surface area (Å²) in [6.07, 6.45) is 3.50. The first-order valence-electron chi connectivity index (χ1n) is 7.51. The van der Waals surface area contributed by atoms with Gasteiger partial charge in [0.2, 0.25) is 0 Å². The van der Waals surface area contributed by atoms with Gasteiger partial charge < -0.3 is 10.2 Å². The number of hydrogen-bond acceptors (Lipinski definition) is 4. The fourth-order valence-corrected chi connectivity index (χ4v) is 2.03. The molecule has 0 atom stereocenters. The summed E-state index contributed by atoms with van der Waals surface area (Å²) in [5, 5.41) is 3.27. The highest BCUT2D eigenvalue weighted by atomic mass is 16.2. The molecule has 0 bridgehead atoms. The molecule has 0 aliphatic carbocycles. The number of rotatable bonds is 8. The van der Waals surface area contributed by atoms with Gasteiger partial charge in [0.25, 0.3) is 5.91 Å². The molecule has 0 aliphatic heterocycles. The van der Waals surface area contributed by atoms with Gasteiger partial charge >= 0.3 is 0 Å². The molecule has 112 valence electrons. The van der Waals surface area contributed by atoms with Crippen LogP contribution in [0.4, 0.5) is 5.82 Å². The minimum Gasteiger partial charge on any atom is -0.370 e. The zero-order valence-corrected chi connectivity index (χ0v) is 13.1. The first-order chi connectivity index (χ1) is 9.62. The van der Waals surface area contributed by atoms with Crippen LogP contribution in [-0.2, 0) is 0 Å². The lowest BCUT2D eigenvalue weighted by atomic mass is 10.2. The average Bonchev–Trinajstić information content (AvgIpc) is 2.44. The van der Waals surface area contributed by atoms with Crippen molar-refractivity contribution in [3.63, 3.8) is 0 Å². The molecule has 1 heterocycles. The summed E-state index contributed by atoms with van der Waals surface area (Å²) in [5.74, 6) is 1.34. The zero-order chi connectivity index (χ0) is 15.0. The Labute approximate surface area is 121 Å². The second-order valence-corrected chi connectivity index (χ2v) is 4.80. The van der Waals surface area contributed by atoms with Crippen LogP contribution >= 0.6 is 0 Å². The highest BCUT2D eigenvalue weighted by Gasteiger charge is 2.15. The van der Waals surface area contributed by atoms with Crippen molar-refractivity contribution in [2.45, 2.75) is 47.0 Å². The van der Waals surface area contributed by atoms with Gasteiger partial charge in [0.15, 0.2) is 0 Å². The molecule has 0 aromatic carbocycles. The molecule has 0 aliphatic rings. The Hall–Kier alpha value is -1.65. The van der Waals surface area contributed by atoms with Gasteiger partial charge in [-0.2, -0.15) is 0 Å². The van der Waals surface area contributed by atoms with Crippen LogP contribution in [0.5, 0.6) is 0 Å². The van der Waals surface area contributed by atoms with Crippen LogP contribution in [-0.4, -0.2) is 40.4 Å². The molecule has 1 rings (SSSR count). The number of hydrogen-bond donors (Lipinski definition) is 1. The number of aromatic nitrogens is 2. The van der Waals surface area contributed by atoms with Crippen LogP contribution in [0.3, 0.4) is 0 Å². The smallest absolute Gasteiger partial charge is 0.272 e. The van der Waals surface area contributed by atoms with Crippen molar-refractivity contribution in [3.8, 4) is 0 Å². The molecular weight excluding hydrogens is 252 g/mol. The summed E-state index contributed by atoms with van der Waals surface area (Å²) in [7, 11) is 0. The Morgan fingerprint density at radius 3 is 2.50 bits per heavy atom. The lowest BCUT2D eigenvalue weighted by Crippen LogP contribution is -2.31.